The van der Waals surface area contributed by atoms with Gasteiger partial charge in [0.05, 0.1) is 12.1 Å². The minimum absolute atomic E-state index is 0.0422. The summed E-state index contributed by atoms with van der Waals surface area (Å²) in [5.74, 6) is -1.55. The number of nitrogens with one attached hydrogen (secondary N) is 1. The van der Waals surface area contributed by atoms with Crippen molar-refractivity contribution in [1.29, 1.82) is 0 Å². The van der Waals surface area contributed by atoms with Crippen molar-refractivity contribution in [3.63, 3.8) is 0 Å². The molecule has 3 N–H and O–H groups in total. The van der Waals surface area contributed by atoms with Gasteiger partial charge in [-0.15, -0.1) is 0 Å². The molecule has 0 radical (unpaired) electrons. The summed E-state index contributed by atoms with van der Waals surface area (Å²) < 4.78 is 5.03. The highest BCUT2D eigenvalue weighted by Crippen LogP contribution is 2.36. The molecule has 26 heavy (non-hydrogen) atoms. The third kappa shape index (κ3) is 6.50. The van der Waals surface area contributed by atoms with Crippen LogP contribution in [0.15, 0.2) is 16.3 Å². The zero-order valence-corrected chi connectivity index (χ0v) is 16.2. The SMILES string of the molecule is CC(=NCC(NC(=O)OC(C)(C)C)C(=O)O)C1=C(O)CC(C)(C)CC1=O. The Morgan fingerprint density at radius 1 is 1.31 bits per heavy atom. The van der Waals surface area contributed by atoms with Crippen molar-refractivity contribution < 1.29 is 29.3 Å². The number of carboxylic acid groups (broad SMARTS) is 1. The molecular formula is C18H28N2O6. The van der Waals surface area contributed by atoms with E-state index in [0.717, 1.165) is 0 Å². The molecule has 146 valence electrons. The largest absolute Gasteiger partial charge is 0.511 e. The topological polar surface area (TPSA) is 125 Å². The Kier molecular flexibility index (Phi) is 6.57. The number of Topliss-reactive ketones (excluding diaryl/α,β-unsaturated/α-hetero) is 1. The van der Waals surface area contributed by atoms with E-state index in [-0.39, 0.29) is 41.2 Å². The second-order valence-electron chi connectivity index (χ2n) is 8.23. The summed E-state index contributed by atoms with van der Waals surface area (Å²) in [5.41, 5.74) is -0.706. The smallest absolute Gasteiger partial charge is 0.408 e. The molecule has 1 aliphatic carbocycles. The predicted octanol–water partition coefficient (Wildman–Crippen LogP) is 2.63. The van der Waals surface area contributed by atoms with Crippen molar-refractivity contribution in [2.24, 2.45) is 10.4 Å². The number of aliphatic imine (C=N–C) groups is 1. The minimum Gasteiger partial charge on any atom is -0.511 e. The summed E-state index contributed by atoms with van der Waals surface area (Å²) in [6.45, 7) is 10.0. The molecule has 0 fully saturated rings. The number of carbonyl (C=O) groups excluding carboxylic acids is 2. The van der Waals surface area contributed by atoms with Gasteiger partial charge in [0, 0.05) is 18.6 Å². The lowest BCUT2D eigenvalue weighted by Gasteiger charge is -2.29. The van der Waals surface area contributed by atoms with Crippen LogP contribution in [-0.2, 0) is 14.3 Å². The number of aliphatic carboxylic acids is 1. The van der Waals surface area contributed by atoms with E-state index in [1.54, 1.807) is 20.8 Å². The van der Waals surface area contributed by atoms with Gasteiger partial charge in [0.25, 0.3) is 0 Å². The van der Waals surface area contributed by atoms with Crippen LogP contribution in [0.3, 0.4) is 0 Å². The number of ketones is 1. The normalized spacial score (nSPS) is 19.2. The van der Waals surface area contributed by atoms with E-state index < -0.39 is 23.7 Å². The van der Waals surface area contributed by atoms with Crippen LogP contribution in [0.2, 0.25) is 0 Å². The molecule has 8 nitrogen and oxygen atoms in total. The van der Waals surface area contributed by atoms with E-state index in [1.807, 2.05) is 13.8 Å². The number of hydrogen-bond donors (Lipinski definition) is 3. The number of carboxylic acids is 1. The molecule has 1 rings (SSSR count). The molecule has 1 unspecified atom stereocenters. The number of ether oxygens (including phenoxy) is 1. The molecule has 0 aromatic heterocycles. The van der Waals surface area contributed by atoms with Crippen molar-refractivity contribution in [2.45, 2.75) is 66.0 Å². The number of aliphatic hydroxyl groups is 1. The molecule has 0 aromatic carbocycles. The molecular weight excluding hydrogens is 340 g/mol. The first kappa shape index (κ1) is 21.7. The lowest BCUT2D eigenvalue weighted by molar-refractivity contribution is -0.139. The summed E-state index contributed by atoms with van der Waals surface area (Å²) in [6, 6.07) is -1.31. The molecule has 0 saturated carbocycles. The van der Waals surface area contributed by atoms with Crippen LogP contribution in [0.1, 0.15) is 54.4 Å². The first-order chi connectivity index (χ1) is 11.7. The standard InChI is InChI=1S/C18H28N2O6/c1-10(14-12(21)7-18(5,6)8-13(14)22)19-9-11(15(23)24)20-16(25)26-17(2,3)4/h11,21H,7-9H2,1-6H3,(H,20,25)(H,23,24). The maximum absolute atomic E-state index is 12.3. The van der Waals surface area contributed by atoms with E-state index in [4.69, 9.17) is 4.74 Å². The van der Waals surface area contributed by atoms with Gasteiger partial charge >= 0.3 is 12.1 Å². The van der Waals surface area contributed by atoms with Gasteiger partial charge in [-0.1, -0.05) is 13.8 Å². The third-order valence-corrected chi connectivity index (χ3v) is 3.71. The number of nitrogens with zero attached hydrogens (tertiary/aromatic N) is 1. The van der Waals surface area contributed by atoms with Crippen LogP contribution in [0.25, 0.3) is 0 Å². The van der Waals surface area contributed by atoms with E-state index in [2.05, 4.69) is 10.3 Å². The fraction of sp³-hybridized carbons (Fsp3) is 0.667. The first-order valence-corrected chi connectivity index (χ1v) is 8.41. The van der Waals surface area contributed by atoms with Gasteiger partial charge in [-0.3, -0.25) is 9.79 Å². The fourth-order valence-electron chi connectivity index (χ4n) is 2.64. The number of rotatable bonds is 5. The molecule has 1 amide bonds. The van der Waals surface area contributed by atoms with Crippen molar-refractivity contribution >= 4 is 23.6 Å². The summed E-state index contributed by atoms with van der Waals surface area (Å²) in [5, 5.41) is 21.6. The van der Waals surface area contributed by atoms with Crippen LogP contribution in [0.5, 0.6) is 0 Å². The number of amides is 1. The Morgan fingerprint density at radius 2 is 1.88 bits per heavy atom. The van der Waals surface area contributed by atoms with Crippen LogP contribution in [0.4, 0.5) is 4.79 Å². The Labute approximate surface area is 153 Å². The summed E-state index contributed by atoms with van der Waals surface area (Å²) >= 11 is 0. The van der Waals surface area contributed by atoms with E-state index in [0.29, 0.717) is 6.42 Å². The van der Waals surface area contributed by atoms with Crippen LogP contribution in [0, 0.1) is 5.41 Å². The third-order valence-electron chi connectivity index (χ3n) is 3.71. The van der Waals surface area contributed by atoms with Gasteiger partial charge in [0.1, 0.15) is 17.4 Å². The van der Waals surface area contributed by atoms with Gasteiger partial charge in [-0.25, -0.2) is 9.59 Å². The van der Waals surface area contributed by atoms with Gasteiger partial charge in [-0.2, -0.15) is 0 Å². The van der Waals surface area contributed by atoms with Crippen molar-refractivity contribution in [3.8, 4) is 0 Å². The molecule has 0 spiro atoms. The molecule has 1 atom stereocenters. The maximum Gasteiger partial charge on any atom is 0.408 e. The van der Waals surface area contributed by atoms with Crippen LogP contribution >= 0.6 is 0 Å². The van der Waals surface area contributed by atoms with Crippen LogP contribution in [-0.4, -0.2) is 52.0 Å². The Hall–Kier alpha value is -2.38. The average molecular weight is 368 g/mol. The second kappa shape index (κ2) is 7.88. The molecule has 0 bridgehead atoms. The molecule has 0 saturated heterocycles. The average Bonchev–Trinajstić information content (AvgIpc) is 2.38. The predicted molar refractivity (Wildman–Crippen MR) is 96.4 cm³/mol. The van der Waals surface area contributed by atoms with E-state index in [9.17, 15) is 24.6 Å². The second-order valence-corrected chi connectivity index (χ2v) is 8.23. The highest BCUT2D eigenvalue weighted by atomic mass is 16.6. The Morgan fingerprint density at radius 3 is 2.35 bits per heavy atom. The highest BCUT2D eigenvalue weighted by Gasteiger charge is 2.34. The van der Waals surface area contributed by atoms with Crippen molar-refractivity contribution in [1.82, 2.24) is 5.32 Å². The molecule has 8 heteroatoms. The Bertz CT molecular complexity index is 655. The zero-order chi connectivity index (χ0) is 20.3. The van der Waals surface area contributed by atoms with Gasteiger partial charge in [-0.05, 0) is 33.1 Å². The molecule has 1 aliphatic rings. The molecule has 0 aliphatic heterocycles. The maximum atomic E-state index is 12.3. The fourth-order valence-corrected chi connectivity index (χ4v) is 2.64. The van der Waals surface area contributed by atoms with Crippen LogP contribution < -0.4 is 5.32 Å². The quantitative estimate of drug-likeness (QED) is 0.641. The zero-order valence-electron chi connectivity index (χ0n) is 16.2. The van der Waals surface area contributed by atoms with E-state index >= 15 is 0 Å². The lowest BCUT2D eigenvalue weighted by atomic mass is 9.76. The first-order valence-electron chi connectivity index (χ1n) is 8.41. The molecule has 0 heterocycles. The Balaban J connectivity index is 2.89. The highest BCUT2D eigenvalue weighted by molar-refractivity contribution is 6.22. The van der Waals surface area contributed by atoms with Gasteiger partial charge in [0.2, 0.25) is 0 Å². The van der Waals surface area contributed by atoms with Crippen molar-refractivity contribution in [2.75, 3.05) is 6.54 Å². The summed E-state index contributed by atoms with van der Waals surface area (Å²) in [7, 11) is 0. The number of carbonyl (C=O) groups is 3. The summed E-state index contributed by atoms with van der Waals surface area (Å²) in [4.78, 5) is 39.4. The monoisotopic (exact) mass is 368 g/mol. The van der Waals surface area contributed by atoms with Gasteiger partial charge < -0.3 is 20.3 Å². The minimum atomic E-state index is -1.31. The number of allylic oxidation sites excluding steroid dienone is 2. The lowest BCUT2D eigenvalue weighted by Crippen LogP contribution is -2.45. The van der Waals surface area contributed by atoms with E-state index in [1.165, 1.54) is 6.92 Å². The van der Waals surface area contributed by atoms with Gasteiger partial charge in [0.15, 0.2) is 5.78 Å². The van der Waals surface area contributed by atoms with Crippen molar-refractivity contribution in [3.05, 3.63) is 11.3 Å². The summed E-state index contributed by atoms with van der Waals surface area (Å²) in [6.07, 6.45) is -0.243. The number of hydrogen-bond acceptors (Lipinski definition) is 6. The number of alkyl carbamates (subject to hydrolysis) is 1. The number of aliphatic hydroxyl groups excluding tert-OH is 1. The molecule has 0 aromatic rings.